The Morgan fingerprint density at radius 1 is 1.23 bits per heavy atom. The van der Waals surface area contributed by atoms with Gasteiger partial charge in [-0.05, 0) is 31.6 Å². The van der Waals surface area contributed by atoms with E-state index in [1.54, 1.807) is 42.2 Å². The number of nitrogens with two attached hydrogens (primary N) is 1. The fourth-order valence-electron chi connectivity index (χ4n) is 3.11. The normalized spacial score (nSPS) is 20.8. The molecule has 0 aliphatic carbocycles. The molecule has 1 aliphatic heterocycles. The van der Waals surface area contributed by atoms with Crippen LogP contribution in [0.25, 0.3) is 5.70 Å². The van der Waals surface area contributed by atoms with Crippen LogP contribution in [-0.2, 0) is 0 Å². The number of alkyl halides is 2. The summed E-state index contributed by atoms with van der Waals surface area (Å²) < 4.78 is 27.4. The largest absolute Gasteiger partial charge is 0.387 e. The maximum atomic E-state index is 12.9. The molecular formula is C21H23F2N7. The van der Waals surface area contributed by atoms with Gasteiger partial charge in [0.05, 0.1) is 11.4 Å². The highest BCUT2D eigenvalue weighted by atomic mass is 19.3. The van der Waals surface area contributed by atoms with Crippen LogP contribution >= 0.6 is 0 Å². The van der Waals surface area contributed by atoms with Crippen LogP contribution in [0, 0.1) is 19.3 Å². The van der Waals surface area contributed by atoms with Crippen LogP contribution in [-0.4, -0.2) is 28.5 Å². The van der Waals surface area contributed by atoms with Crippen LogP contribution in [0.4, 0.5) is 8.78 Å². The van der Waals surface area contributed by atoms with Gasteiger partial charge in [-0.2, -0.15) is 5.10 Å². The molecule has 0 atom stereocenters. The van der Waals surface area contributed by atoms with E-state index in [1.807, 2.05) is 19.9 Å². The van der Waals surface area contributed by atoms with Crippen LogP contribution in [0.1, 0.15) is 28.9 Å². The number of amidine groups is 1. The minimum atomic E-state index is -2.54. The highest BCUT2D eigenvalue weighted by Gasteiger charge is 2.15. The number of allylic oxidation sites excluding steroid dienone is 1. The van der Waals surface area contributed by atoms with Crippen molar-refractivity contribution in [2.24, 2.45) is 10.7 Å². The zero-order valence-corrected chi connectivity index (χ0v) is 16.9. The third-order valence-corrected chi connectivity index (χ3v) is 4.47. The van der Waals surface area contributed by atoms with Gasteiger partial charge in [-0.15, -0.1) is 0 Å². The number of nitrogens with zero attached hydrogens (tertiary/aromatic N) is 3. The average Bonchev–Trinajstić information content (AvgIpc) is 3.06. The number of aliphatic imine (C=N–C) groups is 1. The predicted molar refractivity (Wildman–Crippen MR) is 114 cm³/mol. The molecule has 2 aromatic rings. The summed E-state index contributed by atoms with van der Waals surface area (Å²) in [5.74, 6) is 0.742. The molecule has 2 heterocycles. The van der Waals surface area contributed by atoms with E-state index in [2.05, 4.69) is 20.7 Å². The van der Waals surface area contributed by atoms with Crippen molar-refractivity contribution < 1.29 is 8.78 Å². The van der Waals surface area contributed by atoms with E-state index < -0.39 is 6.43 Å². The van der Waals surface area contributed by atoms with E-state index in [4.69, 9.17) is 11.1 Å². The molecule has 1 aliphatic rings. The number of aryl methyl sites for hydroxylation is 2. The number of benzene rings is 1. The van der Waals surface area contributed by atoms with Crippen molar-refractivity contribution in [2.75, 3.05) is 7.05 Å². The molecule has 0 saturated carbocycles. The minimum absolute atomic E-state index is 0.0344. The summed E-state index contributed by atoms with van der Waals surface area (Å²) in [5.41, 5.74) is 9.44. The Kier molecular flexibility index (Phi) is 6.10. The maximum Gasteiger partial charge on any atom is 0.263 e. The SMILES string of the molecule is CN/C(=C1/C=C\N=C(n2nc(C)cc2C)/C=C(\N)NC1=N)c1ccc(C(F)F)cc1. The Morgan fingerprint density at radius 3 is 2.50 bits per heavy atom. The Labute approximate surface area is 173 Å². The van der Waals surface area contributed by atoms with Gasteiger partial charge in [0.15, 0.2) is 5.84 Å². The first-order valence-corrected chi connectivity index (χ1v) is 9.21. The van der Waals surface area contributed by atoms with Crippen LogP contribution < -0.4 is 16.4 Å². The summed E-state index contributed by atoms with van der Waals surface area (Å²) >= 11 is 0. The fourth-order valence-corrected chi connectivity index (χ4v) is 3.11. The molecule has 9 heteroatoms. The molecule has 0 bridgehead atoms. The van der Waals surface area contributed by atoms with Crippen molar-refractivity contribution in [3.63, 3.8) is 0 Å². The Hall–Kier alpha value is -3.75. The second-order valence-electron chi connectivity index (χ2n) is 6.70. The number of halogens is 2. The van der Waals surface area contributed by atoms with Crippen LogP contribution in [0.5, 0.6) is 0 Å². The summed E-state index contributed by atoms with van der Waals surface area (Å²) in [6, 6.07) is 7.81. The molecule has 0 amide bonds. The lowest BCUT2D eigenvalue weighted by molar-refractivity contribution is 0.151. The van der Waals surface area contributed by atoms with Gasteiger partial charge in [-0.3, -0.25) is 5.41 Å². The van der Waals surface area contributed by atoms with Crippen LogP contribution in [0.3, 0.4) is 0 Å². The molecule has 156 valence electrons. The number of rotatable bonds is 3. The molecule has 1 aromatic carbocycles. The lowest BCUT2D eigenvalue weighted by atomic mass is 10.0. The molecule has 30 heavy (non-hydrogen) atoms. The summed E-state index contributed by atoms with van der Waals surface area (Å²) in [7, 11) is 1.70. The highest BCUT2D eigenvalue weighted by Crippen LogP contribution is 2.23. The topological polar surface area (TPSA) is 104 Å². The summed E-state index contributed by atoms with van der Waals surface area (Å²) in [6.45, 7) is 3.79. The van der Waals surface area contributed by atoms with Gasteiger partial charge in [0.25, 0.3) is 6.43 Å². The summed E-state index contributed by atoms with van der Waals surface area (Å²) in [4.78, 5) is 4.45. The van der Waals surface area contributed by atoms with Gasteiger partial charge in [-0.1, -0.05) is 24.3 Å². The van der Waals surface area contributed by atoms with Crippen molar-refractivity contribution in [1.29, 1.82) is 5.41 Å². The van der Waals surface area contributed by atoms with Gasteiger partial charge >= 0.3 is 0 Å². The minimum Gasteiger partial charge on any atom is -0.387 e. The third-order valence-electron chi connectivity index (χ3n) is 4.47. The molecule has 0 saturated heterocycles. The van der Waals surface area contributed by atoms with E-state index in [-0.39, 0.29) is 17.2 Å². The third kappa shape index (κ3) is 4.45. The van der Waals surface area contributed by atoms with E-state index in [9.17, 15) is 8.78 Å². The summed E-state index contributed by atoms with van der Waals surface area (Å²) in [6.07, 6.45) is 2.26. The molecule has 0 fully saturated rings. The standard InChI is InChI=1S/C21H23F2N7/c1-12-10-13(2)30(29-12)18-11-17(24)28-21(25)16(8-9-27-18)19(26-3)14-4-6-15(7-5-14)20(22)23/h4-11,20,26H,24H2,1-3H3,(H2,25,28)/b9-8-,17-11+,19-16-,27-18+. The quantitative estimate of drug-likeness (QED) is 0.623. The molecule has 0 spiro atoms. The van der Waals surface area contributed by atoms with Crippen LogP contribution in [0.15, 0.2) is 65.1 Å². The Bertz CT molecular complexity index is 1070. The van der Waals surface area contributed by atoms with E-state index in [1.165, 1.54) is 12.1 Å². The molecule has 3 rings (SSSR count). The lowest BCUT2D eigenvalue weighted by Crippen LogP contribution is -2.30. The molecule has 0 radical (unpaired) electrons. The van der Waals surface area contributed by atoms with Gasteiger partial charge in [0.1, 0.15) is 11.7 Å². The zero-order chi connectivity index (χ0) is 21.8. The highest BCUT2D eigenvalue weighted by molar-refractivity contribution is 6.07. The number of hydrogen-bond acceptors (Lipinski definition) is 5. The van der Waals surface area contributed by atoms with Gasteiger partial charge in [0, 0.05) is 36.2 Å². The van der Waals surface area contributed by atoms with Crippen molar-refractivity contribution in [3.05, 3.63) is 82.6 Å². The zero-order valence-electron chi connectivity index (χ0n) is 16.9. The molecular weight excluding hydrogens is 388 g/mol. The first-order chi connectivity index (χ1) is 14.3. The molecule has 1 aromatic heterocycles. The average molecular weight is 411 g/mol. The van der Waals surface area contributed by atoms with Crippen molar-refractivity contribution in [1.82, 2.24) is 20.4 Å². The number of hydrogen-bond donors (Lipinski definition) is 4. The van der Waals surface area contributed by atoms with E-state index in [0.717, 1.165) is 11.4 Å². The number of aromatic nitrogens is 2. The van der Waals surface area contributed by atoms with Crippen molar-refractivity contribution >= 4 is 17.4 Å². The smallest absolute Gasteiger partial charge is 0.263 e. The predicted octanol–water partition coefficient (Wildman–Crippen LogP) is 3.21. The molecule has 7 nitrogen and oxygen atoms in total. The second kappa shape index (κ2) is 8.73. The molecule has 0 unspecified atom stereocenters. The van der Waals surface area contributed by atoms with Gasteiger partial charge < -0.3 is 16.4 Å². The first-order valence-electron chi connectivity index (χ1n) is 9.21. The van der Waals surface area contributed by atoms with E-state index >= 15 is 0 Å². The van der Waals surface area contributed by atoms with Gasteiger partial charge in [0.2, 0.25) is 0 Å². The Balaban J connectivity index is 2.07. The Morgan fingerprint density at radius 2 is 1.93 bits per heavy atom. The van der Waals surface area contributed by atoms with Gasteiger partial charge in [-0.25, -0.2) is 18.5 Å². The van der Waals surface area contributed by atoms with Crippen molar-refractivity contribution in [3.8, 4) is 0 Å². The maximum absolute atomic E-state index is 12.9. The van der Waals surface area contributed by atoms with Crippen molar-refractivity contribution in [2.45, 2.75) is 20.3 Å². The number of nitrogens with one attached hydrogen (secondary N) is 3. The first kappa shape index (κ1) is 21.0. The molecule has 5 N–H and O–H groups in total. The van der Waals surface area contributed by atoms with Crippen LogP contribution in [0.2, 0.25) is 0 Å². The second-order valence-corrected chi connectivity index (χ2v) is 6.70. The fraction of sp³-hybridized carbons (Fsp3) is 0.190. The monoisotopic (exact) mass is 411 g/mol. The summed E-state index contributed by atoms with van der Waals surface area (Å²) in [5, 5.41) is 18.7. The van der Waals surface area contributed by atoms with E-state index in [0.29, 0.717) is 22.7 Å². The lowest BCUT2D eigenvalue weighted by Gasteiger charge is -2.15.